The maximum Gasteiger partial charge on any atom is 0.338 e. The second kappa shape index (κ2) is 9.49. The molecule has 1 heterocycles. The molecule has 166 valence electrons. The summed E-state index contributed by atoms with van der Waals surface area (Å²) in [5.41, 5.74) is 1.40. The predicted molar refractivity (Wildman–Crippen MR) is 116 cm³/mol. The second-order valence-corrected chi connectivity index (χ2v) is 9.06. The van der Waals surface area contributed by atoms with E-state index in [1.165, 1.54) is 29.6 Å². The van der Waals surface area contributed by atoms with E-state index in [-0.39, 0.29) is 22.8 Å². The molecule has 0 unspecified atom stereocenters. The summed E-state index contributed by atoms with van der Waals surface area (Å²) in [6.45, 7) is 4.59. The van der Waals surface area contributed by atoms with Crippen LogP contribution >= 0.6 is 0 Å². The fourth-order valence-corrected chi connectivity index (χ4v) is 5.04. The summed E-state index contributed by atoms with van der Waals surface area (Å²) in [4.78, 5) is 25.2. The van der Waals surface area contributed by atoms with Gasteiger partial charge in [-0.15, -0.1) is 0 Å². The number of carbonyl (C=O) groups is 2. The van der Waals surface area contributed by atoms with Crippen molar-refractivity contribution in [3.63, 3.8) is 0 Å². The Balaban J connectivity index is 1.93. The van der Waals surface area contributed by atoms with Gasteiger partial charge in [0.15, 0.2) is 0 Å². The highest BCUT2D eigenvalue weighted by molar-refractivity contribution is 7.89. The molecule has 1 aliphatic heterocycles. The maximum absolute atomic E-state index is 13.0. The van der Waals surface area contributed by atoms with Crippen LogP contribution < -0.4 is 10.1 Å². The number of nitrogens with one attached hydrogen (secondary N) is 1. The smallest absolute Gasteiger partial charge is 0.338 e. The molecule has 2 aromatic rings. The van der Waals surface area contributed by atoms with Gasteiger partial charge in [-0.05, 0) is 62.6 Å². The van der Waals surface area contributed by atoms with E-state index in [9.17, 15) is 18.0 Å². The first-order valence-electron chi connectivity index (χ1n) is 10.1. The highest BCUT2D eigenvalue weighted by atomic mass is 32.2. The normalized spacial score (nSPS) is 14.3. The van der Waals surface area contributed by atoms with Gasteiger partial charge >= 0.3 is 5.97 Å². The van der Waals surface area contributed by atoms with Gasteiger partial charge in [0, 0.05) is 18.8 Å². The van der Waals surface area contributed by atoms with Crippen molar-refractivity contribution < 1.29 is 27.5 Å². The van der Waals surface area contributed by atoms with Crippen LogP contribution in [-0.2, 0) is 14.8 Å². The number of benzene rings is 2. The molecule has 1 aliphatic rings. The van der Waals surface area contributed by atoms with Crippen LogP contribution in [0.3, 0.4) is 0 Å². The number of hydrogen-bond acceptors (Lipinski definition) is 6. The van der Waals surface area contributed by atoms with E-state index in [1.54, 1.807) is 32.0 Å². The fraction of sp³-hybridized carbons (Fsp3) is 0.364. The van der Waals surface area contributed by atoms with Crippen LogP contribution in [0.4, 0.5) is 5.69 Å². The number of esters is 1. The molecule has 0 radical (unpaired) electrons. The molecule has 0 bridgehead atoms. The lowest BCUT2D eigenvalue weighted by Gasteiger charge is -2.17. The molecule has 3 rings (SSSR count). The van der Waals surface area contributed by atoms with Crippen molar-refractivity contribution in [2.24, 2.45) is 0 Å². The predicted octanol–water partition coefficient (Wildman–Crippen LogP) is 3.22. The molecule has 1 amide bonds. The summed E-state index contributed by atoms with van der Waals surface area (Å²) >= 11 is 0. The van der Waals surface area contributed by atoms with Crippen LogP contribution in [0.5, 0.6) is 5.75 Å². The van der Waals surface area contributed by atoms with Crippen LogP contribution in [0.1, 0.15) is 46.0 Å². The lowest BCUT2D eigenvalue weighted by Crippen LogP contribution is -2.28. The standard InChI is InChI=1S/C22H26N2O6S/c1-4-30-22(26)17-8-7-9-19(15(17)2)23-21(25)18-14-16(10-11-20(18)29-3)31(27,28)24-12-5-6-13-24/h7-11,14H,4-6,12-13H2,1-3H3,(H,23,25). The van der Waals surface area contributed by atoms with Gasteiger partial charge < -0.3 is 14.8 Å². The molecule has 9 heteroatoms. The molecule has 1 N–H and O–H groups in total. The van der Waals surface area contributed by atoms with E-state index >= 15 is 0 Å². The summed E-state index contributed by atoms with van der Waals surface area (Å²) in [6, 6.07) is 9.16. The van der Waals surface area contributed by atoms with Crippen molar-refractivity contribution in [1.82, 2.24) is 4.31 Å². The minimum absolute atomic E-state index is 0.0392. The minimum Gasteiger partial charge on any atom is -0.496 e. The maximum atomic E-state index is 13.0. The monoisotopic (exact) mass is 446 g/mol. The number of ether oxygens (including phenoxy) is 2. The largest absolute Gasteiger partial charge is 0.496 e. The molecule has 0 saturated carbocycles. The van der Waals surface area contributed by atoms with Gasteiger partial charge in [0.25, 0.3) is 5.91 Å². The van der Waals surface area contributed by atoms with Gasteiger partial charge in [-0.3, -0.25) is 4.79 Å². The molecular weight excluding hydrogens is 420 g/mol. The number of methoxy groups -OCH3 is 1. The van der Waals surface area contributed by atoms with E-state index < -0.39 is 21.9 Å². The Morgan fingerprint density at radius 1 is 1.10 bits per heavy atom. The number of hydrogen-bond donors (Lipinski definition) is 1. The zero-order valence-electron chi connectivity index (χ0n) is 17.8. The van der Waals surface area contributed by atoms with E-state index in [1.807, 2.05) is 0 Å². The Bertz CT molecular complexity index is 1090. The summed E-state index contributed by atoms with van der Waals surface area (Å²) in [5.74, 6) is -0.774. The number of sulfonamides is 1. The first-order chi connectivity index (χ1) is 14.8. The third kappa shape index (κ3) is 4.72. The number of rotatable bonds is 7. The number of anilines is 1. The molecule has 31 heavy (non-hydrogen) atoms. The van der Waals surface area contributed by atoms with Crippen LogP contribution in [0, 0.1) is 6.92 Å². The molecule has 0 atom stereocenters. The summed E-state index contributed by atoms with van der Waals surface area (Å²) in [5, 5.41) is 2.75. The lowest BCUT2D eigenvalue weighted by molar-refractivity contribution is 0.0525. The number of carbonyl (C=O) groups excluding carboxylic acids is 2. The summed E-state index contributed by atoms with van der Waals surface area (Å²) in [7, 11) is -2.28. The van der Waals surface area contributed by atoms with Gasteiger partial charge in [0.05, 0.1) is 29.7 Å². The molecule has 0 spiro atoms. The number of amides is 1. The van der Waals surface area contributed by atoms with E-state index in [0.717, 1.165) is 12.8 Å². The quantitative estimate of drug-likeness (QED) is 0.655. The molecule has 1 fully saturated rings. The van der Waals surface area contributed by atoms with Crippen LogP contribution in [0.2, 0.25) is 0 Å². The second-order valence-electron chi connectivity index (χ2n) is 7.13. The van der Waals surface area contributed by atoms with E-state index in [0.29, 0.717) is 29.9 Å². The summed E-state index contributed by atoms with van der Waals surface area (Å²) in [6.07, 6.45) is 1.64. The molecular formula is C22H26N2O6S. The van der Waals surface area contributed by atoms with Crippen LogP contribution in [-0.4, -0.2) is 51.4 Å². The Labute approximate surface area is 182 Å². The van der Waals surface area contributed by atoms with Gasteiger partial charge in [-0.1, -0.05) is 6.07 Å². The first kappa shape index (κ1) is 22.8. The third-order valence-corrected chi connectivity index (χ3v) is 7.09. The van der Waals surface area contributed by atoms with Gasteiger partial charge in [-0.2, -0.15) is 4.31 Å². The fourth-order valence-electron chi connectivity index (χ4n) is 3.49. The summed E-state index contributed by atoms with van der Waals surface area (Å²) < 4.78 is 37.6. The van der Waals surface area contributed by atoms with E-state index in [2.05, 4.69) is 5.32 Å². The average molecular weight is 447 g/mol. The molecule has 0 aromatic heterocycles. The molecule has 8 nitrogen and oxygen atoms in total. The molecule has 2 aromatic carbocycles. The Morgan fingerprint density at radius 2 is 1.81 bits per heavy atom. The van der Waals surface area contributed by atoms with Gasteiger partial charge in [0.1, 0.15) is 5.75 Å². The molecule has 1 saturated heterocycles. The topological polar surface area (TPSA) is 102 Å². The third-order valence-electron chi connectivity index (χ3n) is 5.20. The SMILES string of the molecule is CCOC(=O)c1cccc(NC(=O)c2cc(S(=O)(=O)N3CCCC3)ccc2OC)c1C. The first-order valence-corrected chi connectivity index (χ1v) is 11.5. The average Bonchev–Trinajstić information content (AvgIpc) is 3.30. The van der Waals surface area contributed by atoms with Gasteiger partial charge in [-0.25, -0.2) is 13.2 Å². The van der Waals surface area contributed by atoms with Crippen molar-refractivity contribution in [3.05, 3.63) is 53.1 Å². The van der Waals surface area contributed by atoms with Crippen molar-refractivity contribution in [2.45, 2.75) is 31.6 Å². The van der Waals surface area contributed by atoms with Crippen molar-refractivity contribution in [1.29, 1.82) is 0 Å². The van der Waals surface area contributed by atoms with Crippen molar-refractivity contribution >= 4 is 27.6 Å². The minimum atomic E-state index is -3.69. The van der Waals surface area contributed by atoms with Crippen molar-refractivity contribution in [2.75, 3.05) is 32.1 Å². The zero-order valence-corrected chi connectivity index (χ0v) is 18.6. The van der Waals surface area contributed by atoms with E-state index in [4.69, 9.17) is 9.47 Å². The highest BCUT2D eigenvalue weighted by Crippen LogP contribution is 2.28. The zero-order chi connectivity index (χ0) is 22.6. The lowest BCUT2D eigenvalue weighted by atomic mass is 10.1. The van der Waals surface area contributed by atoms with Gasteiger partial charge in [0.2, 0.25) is 10.0 Å². The Morgan fingerprint density at radius 3 is 2.45 bits per heavy atom. The Hall–Kier alpha value is -2.91. The highest BCUT2D eigenvalue weighted by Gasteiger charge is 2.29. The number of nitrogens with zero attached hydrogens (tertiary/aromatic N) is 1. The van der Waals surface area contributed by atoms with Crippen LogP contribution in [0.25, 0.3) is 0 Å². The molecule has 0 aliphatic carbocycles. The Kier molecular flexibility index (Phi) is 6.97. The van der Waals surface area contributed by atoms with Crippen molar-refractivity contribution in [3.8, 4) is 5.75 Å². The van der Waals surface area contributed by atoms with Crippen LogP contribution in [0.15, 0.2) is 41.3 Å².